The number of fused-ring (bicyclic) bond motifs is 3. The van der Waals surface area contributed by atoms with Gasteiger partial charge in [-0.05, 0) is 50.0 Å². The number of carboxylic acid groups (broad SMARTS) is 1. The van der Waals surface area contributed by atoms with Crippen LogP contribution in [-0.2, 0) is 24.0 Å². The number of carbonyl (C=O) groups is 5. The highest BCUT2D eigenvalue weighted by atomic mass is 16.5. The van der Waals surface area contributed by atoms with Gasteiger partial charge in [0, 0.05) is 34.7 Å². The van der Waals surface area contributed by atoms with Gasteiger partial charge in [0.1, 0.15) is 11.5 Å². The molecule has 0 aromatic heterocycles. The second kappa shape index (κ2) is 8.58. The number of aliphatic carboxylic acids is 1. The zero-order chi connectivity index (χ0) is 25.9. The molecule has 0 spiro atoms. The maximum absolute atomic E-state index is 13.4. The van der Waals surface area contributed by atoms with Crippen LogP contribution in [0.4, 0.5) is 0 Å². The average Bonchev–Trinajstić information content (AvgIpc) is 3.09. The number of likely N-dealkylation sites (tertiary alicyclic amines) is 1. The molecule has 0 radical (unpaired) electrons. The highest BCUT2D eigenvalue weighted by molar-refractivity contribution is 6.23. The van der Waals surface area contributed by atoms with Crippen LogP contribution in [0.2, 0.25) is 0 Å². The van der Waals surface area contributed by atoms with E-state index in [0.29, 0.717) is 28.0 Å². The lowest BCUT2D eigenvalue weighted by molar-refractivity contribution is -0.142. The molecule has 2 N–H and O–H groups in total. The summed E-state index contributed by atoms with van der Waals surface area (Å²) in [5.74, 6) is -5.00. The van der Waals surface area contributed by atoms with Crippen molar-refractivity contribution in [1.82, 2.24) is 4.90 Å². The Kier molecular flexibility index (Phi) is 5.65. The molecule has 0 bridgehead atoms. The predicted molar refractivity (Wildman–Crippen MR) is 125 cm³/mol. The van der Waals surface area contributed by atoms with Gasteiger partial charge in [-0.15, -0.1) is 0 Å². The van der Waals surface area contributed by atoms with Gasteiger partial charge in [-0.1, -0.05) is 11.6 Å². The zero-order valence-corrected chi connectivity index (χ0v) is 19.8. The first-order valence-corrected chi connectivity index (χ1v) is 11.8. The van der Waals surface area contributed by atoms with Crippen LogP contribution in [0.3, 0.4) is 0 Å². The van der Waals surface area contributed by atoms with Crippen molar-refractivity contribution in [3.8, 4) is 11.5 Å². The van der Waals surface area contributed by atoms with E-state index < -0.39 is 41.5 Å². The number of nitrogens with zero attached hydrogens (tertiary/aromatic N) is 1. The Bertz CT molecular complexity index is 1330. The molecule has 4 aliphatic rings. The van der Waals surface area contributed by atoms with Crippen molar-refractivity contribution in [2.45, 2.75) is 32.1 Å². The Hall–Kier alpha value is -4.01. The number of phenols is 1. The molecular formula is C27H25NO8. The molecule has 1 aromatic carbocycles. The minimum atomic E-state index is -1.11. The Morgan fingerprint density at radius 1 is 1.14 bits per heavy atom. The van der Waals surface area contributed by atoms with Crippen molar-refractivity contribution in [2.24, 2.45) is 17.8 Å². The Morgan fingerprint density at radius 2 is 1.89 bits per heavy atom. The van der Waals surface area contributed by atoms with Gasteiger partial charge in [0.15, 0.2) is 11.6 Å². The Labute approximate surface area is 206 Å². The van der Waals surface area contributed by atoms with Gasteiger partial charge in [-0.3, -0.25) is 28.9 Å². The molecule has 1 aromatic rings. The number of phenolic OH excluding ortho intramolecular Hbond substituents is 1. The van der Waals surface area contributed by atoms with Crippen LogP contribution >= 0.6 is 0 Å². The summed E-state index contributed by atoms with van der Waals surface area (Å²) in [5, 5.41) is 19.9. The first kappa shape index (κ1) is 23.7. The van der Waals surface area contributed by atoms with E-state index in [1.807, 2.05) is 6.08 Å². The lowest BCUT2D eigenvalue weighted by Gasteiger charge is -2.42. The maximum Gasteiger partial charge on any atom is 0.305 e. The number of carboxylic acids is 1. The van der Waals surface area contributed by atoms with Crippen LogP contribution in [0.15, 0.2) is 52.6 Å². The van der Waals surface area contributed by atoms with Gasteiger partial charge < -0.3 is 14.9 Å². The second-order valence-electron chi connectivity index (χ2n) is 9.63. The monoisotopic (exact) mass is 491 g/mol. The van der Waals surface area contributed by atoms with E-state index in [2.05, 4.69) is 0 Å². The average molecular weight is 491 g/mol. The van der Waals surface area contributed by atoms with Crippen molar-refractivity contribution < 1.29 is 38.9 Å². The number of benzene rings is 1. The minimum Gasteiger partial charge on any atom is -0.508 e. The van der Waals surface area contributed by atoms with Gasteiger partial charge in [-0.2, -0.15) is 0 Å². The third-order valence-corrected chi connectivity index (χ3v) is 7.75. The maximum atomic E-state index is 13.4. The summed E-state index contributed by atoms with van der Waals surface area (Å²) in [6.45, 7) is 1.35. The van der Waals surface area contributed by atoms with Crippen molar-refractivity contribution in [1.29, 1.82) is 0 Å². The molecule has 36 heavy (non-hydrogen) atoms. The summed E-state index contributed by atoms with van der Waals surface area (Å²) < 4.78 is 5.33. The van der Waals surface area contributed by atoms with E-state index in [1.165, 1.54) is 19.3 Å². The van der Waals surface area contributed by atoms with Crippen molar-refractivity contribution in [3.05, 3.63) is 58.2 Å². The van der Waals surface area contributed by atoms with Gasteiger partial charge in [0.25, 0.3) is 0 Å². The summed E-state index contributed by atoms with van der Waals surface area (Å²) in [4.78, 5) is 65.1. The minimum absolute atomic E-state index is 0.0836. The van der Waals surface area contributed by atoms with Gasteiger partial charge in [0.2, 0.25) is 11.8 Å². The zero-order valence-electron chi connectivity index (χ0n) is 19.8. The first-order chi connectivity index (χ1) is 17.1. The molecule has 1 heterocycles. The molecule has 0 saturated carbocycles. The number of allylic oxidation sites excluding steroid dienone is 6. The highest BCUT2D eigenvalue weighted by Crippen LogP contribution is 2.56. The fourth-order valence-corrected chi connectivity index (χ4v) is 6.12. The molecule has 5 rings (SSSR count). The third kappa shape index (κ3) is 3.49. The summed E-state index contributed by atoms with van der Waals surface area (Å²) in [7, 11) is 1.48. The fourth-order valence-electron chi connectivity index (χ4n) is 6.12. The van der Waals surface area contributed by atoms with Crippen LogP contribution < -0.4 is 4.74 Å². The summed E-state index contributed by atoms with van der Waals surface area (Å²) in [5.41, 5.74) is 1.94. The van der Waals surface area contributed by atoms with E-state index in [0.717, 1.165) is 4.90 Å². The van der Waals surface area contributed by atoms with Gasteiger partial charge in [-0.25, -0.2) is 0 Å². The lowest BCUT2D eigenvalue weighted by Crippen LogP contribution is -2.40. The topological polar surface area (TPSA) is 138 Å². The number of methoxy groups -OCH3 is 1. The van der Waals surface area contributed by atoms with Gasteiger partial charge in [0.05, 0.1) is 25.4 Å². The smallest absolute Gasteiger partial charge is 0.305 e. The number of hydrogen-bond acceptors (Lipinski definition) is 7. The molecule has 9 heteroatoms. The first-order valence-electron chi connectivity index (χ1n) is 11.8. The molecule has 1 fully saturated rings. The molecule has 4 atom stereocenters. The molecule has 2 amide bonds. The van der Waals surface area contributed by atoms with Crippen molar-refractivity contribution >= 4 is 29.4 Å². The largest absolute Gasteiger partial charge is 0.508 e. The molecule has 186 valence electrons. The summed E-state index contributed by atoms with van der Waals surface area (Å²) in [6, 6.07) is 4.65. The van der Waals surface area contributed by atoms with Crippen LogP contribution in [0.1, 0.15) is 37.7 Å². The van der Waals surface area contributed by atoms with E-state index in [9.17, 15) is 29.1 Å². The van der Waals surface area contributed by atoms with Crippen LogP contribution in [0, 0.1) is 17.8 Å². The van der Waals surface area contributed by atoms with Crippen LogP contribution in [0.5, 0.6) is 11.5 Å². The summed E-state index contributed by atoms with van der Waals surface area (Å²) >= 11 is 0. The molecule has 0 unspecified atom stereocenters. The third-order valence-electron chi connectivity index (χ3n) is 7.75. The van der Waals surface area contributed by atoms with Gasteiger partial charge >= 0.3 is 5.97 Å². The van der Waals surface area contributed by atoms with Crippen LogP contribution in [0.25, 0.3) is 0 Å². The number of imide groups is 1. The van der Waals surface area contributed by atoms with Crippen molar-refractivity contribution in [2.75, 3.05) is 13.7 Å². The molecule has 1 saturated heterocycles. The number of amides is 2. The second-order valence-corrected chi connectivity index (χ2v) is 9.63. The van der Waals surface area contributed by atoms with Crippen molar-refractivity contribution in [3.63, 3.8) is 0 Å². The number of ether oxygens (including phenoxy) is 1. The number of ketones is 2. The van der Waals surface area contributed by atoms with E-state index in [-0.39, 0.29) is 48.7 Å². The van der Waals surface area contributed by atoms with E-state index in [1.54, 1.807) is 19.1 Å². The molecule has 1 aliphatic heterocycles. The van der Waals surface area contributed by atoms with Crippen LogP contribution in [-0.4, -0.2) is 58.1 Å². The number of Topliss-reactive ketones (excluding diaryl/α,β-unsaturated/α-hetero) is 1. The molecule has 9 nitrogen and oxygen atoms in total. The lowest BCUT2D eigenvalue weighted by atomic mass is 9.59. The Balaban J connectivity index is 1.65. The standard InChI is InChI=1S/C27H25NO8/c1-12-9-20(30)24-18(25(12)33)11-16-14(22(24)17-10-13(36-2)3-6-19(17)29)4-5-15-23(16)27(35)28(26(15)34)8-7-21(31)32/h3-4,6,9-10,15-16,22-23,29H,5,7-8,11H2,1-2H3,(H,31,32)/t15-,16+,22+,23-/m0/s1. The highest BCUT2D eigenvalue weighted by Gasteiger charge is 2.56. The number of aromatic hydroxyl groups is 1. The molecular weight excluding hydrogens is 466 g/mol. The number of hydrogen-bond donors (Lipinski definition) is 2. The number of carbonyl (C=O) groups excluding carboxylic acids is 4. The fraction of sp³-hybridized carbons (Fsp3) is 0.370. The van der Waals surface area contributed by atoms with E-state index in [4.69, 9.17) is 9.84 Å². The normalized spacial score (nSPS) is 27.3. The molecule has 3 aliphatic carbocycles. The summed E-state index contributed by atoms with van der Waals surface area (Å²) in [6.07, 6.45) is 3.15. The SMILES string of the molecule is COc1ccc(O)c([C@H]2C3=CC[C@@H]4C(=O)N(CCC(=O)O)C(=O)[C@@H]4[C@@H]3CC3=C2C(=O)C=C(C)C3=O)c1. The Morgan fingerprint density at radius 3 is 2.58 bits per heavy atom. The number of rotatable bonds is 5. The van der Waals surface area contributed by atoms with E-state index >= 15 is 0 Å². The quantitative estimate of drug-likeness (QED) is 0.364. The predicted octanol–water partition coefficient (Wildman–Crippen LogP) is 2.31.